The number of likely N-dealkylation sites (tertiary alicyclic amines) is 1. The van der Waals surface area contributed by atoms with Gasteiger partial charge in [0.1, 0.15) is 0 Å². The fourth-order valence-corrected chi connectivity index (χ4v) is 3.78. The summed E-state index contributed by atoms with van der Waals surface area (Å²) >= 11 is 0. The Balaban J connectivity index is 1.73. The lowest BCUT2D eigenvalue weighted by atomic mass is 9.97. The van der Waals surface area contributed by atoms with Crippen LogP contribution in [0.2, 0.25) is 0 Å². The number of aliphatic carboxylic acids is 2. The summed E-state index contributed by atoms with van der Waals surface area (Å²) in [5.41, 5.74) is 0.178. The van der Waals surface area contributed by atoms with Crippen molar-refractivity contribution in [2.24, 2.45) is 10.8 Å². The zero-order chi connectivity index (χ0) is 16.1. The van der Waals surface area contributed by atoms with Crippen LogP contribution in [0.4, 0.5) is 0 Å². The number of nitrogens with zero attached hydrogens (tertiary/aromatic N) is 1. The first-order valence-electron chi connectivity index (χ1n) is 7.59. The summed E-state index contributed by atoms with van der Waals surface area (Å²) in [5, 5.41) is 18.8. The van der Waals surface area contributed by atoms with Crippen molar-refractivity contribution in [2.75, 3.05) is 13.1 Å². The van der Waals surface area contributed by atoms with Crippen LogP contribution in [0, 0.1) is 10.8 Å². The predicted molar refractivity (Wildman–Crippen MR) is 80.6 cm³/mol. The highest BCUT2D eigenvalue weighted by molar-refractivity contribution is 5.94. The zero-order valence-corrected chi connectivity index (χ0v) is 12.9. The van der Waals surface area contributed by atoms with Crippen molar-refractivity contribution in [3.63, 3.8) is 0 Å². The smallest absolute Gasteiger partial charge is 0.312 e. The average molecular weight is 303 g/mol. The minimum atomic E-state index is -1.09. The number of rotatable bonds is 5. The molecule has 2 aliphatic rings. The highest BCUT2D eigenvalue weighted by atomic mass is 16.4. The average Bonchev–Trinajstić information content (AvgIpc) is 2.99. The highest BCUT2D eigenvalue weighted by Crippen LogP contribution is 2.68. The van der Waals surface area contributed by atoms with Crippen molar-refractivity contribution in [3.8, 4) is 0 Å². The number of benzene rings is 1. The zero-order valence-electron chi connectivity index (χ0n) is 12.9. The molecule has 1 aliphatic carbocycles. The minimum Gasteiger partial charge on any atom is -0.481 e. The lowest BCUT2D eigenvalue weighted by molar-refractivity contribution is -0.151. The topological polar surface area (TPSA) is 77.8 Å². The number of carboxylic acids is 2. The van der Waals surface area contributed by atoms with E-state index in [4.69, 9.17) is 0 Å². The molecule has 2 atom stereocenters. The van der Waals surface area contributed by atoms with Crippen LogP contribution in [-0.2, 0) is 16.1 Å². The van der Waals surface area contributed by atoms with E-state index in [-0.39, 0.29) is 6.42 Å². The summed E-state index contributed by atoms with van der Waals surface area (Å²) in [6.07, 6.45) is 0.257. The van der Waals surface area contributed by atoms with E-state index in [1.165, 1.54) is 5.56 Å². The summed E-state index contributed by atoms with van der Waals surface area (Å²) < 4.78 is 0. The molecule has 2 N–H and O–H groups in total. The van der Waals surface area contributed by atoms with Crippen molar-refractivity contribution < 1.29 is 19.8 Å². The van der Waals surface area contributed by atoms with E-state index >= 15 is 0 Å². The molecule has 118 valence electrons. The van der Waals surface area contributed by atoms with Gasteiger partial charge >= 0.3 is 11.9 Å². The first kappa shape index (κ1) is 15.0. The SMILES string of the molecule is CC(C)c1ccc(CN2C[C@@]3(C(=O)O)C[C@@]3(C(=O)O)C2)cc1. The van der Waals surface area contributed by atoms with E-state index < -0.39 is 22.8 Å². The third kappa shape index (κ3) is 2.03. The molecule has 1 saturated heterocycles. The Morgan fingerprint density at radius 2 is 1.59 bits per heavy atom. The van der Waals surface area contributed by atoms with E-state index in [9.17, 15) is 19.8 Å². The number of hydrogen-bond donors (Lipinski definition) is 2. The van der Waals surface area contributed by atoms with Crippen molar-refractivity contribution in [2.45, 2.75) is 32.7 Å². The number of hydrogen-bond acceptors (Lipinski definition) is 3. The van der Waals surface area contributed by atoms with Gasteiger partial charge in [0.05, 0.1) is 10.8 Å². The highest BCUT2D eigenvalue weighted by Gasteiger charge is 2.80. The van der Waals surface area contributed by atoms with Crippen molar-refractivity contribution in [3.05, 3.63) is 35.4 Å². The maximum Gasteiger partial charge on any atom is 0.312 e. The Morgan fingerprint density at radius 3 is 2.00 bits per heavy atom. The summed E-state index contributed by atoms with van der Waals surface area (Å²) in [6.45, 7) is 5.51. The van der Waals surface area contributed by atoms with Gasteiger partial charge < -0.3 is 10.2 Å². The number of fused-ring (bicyclic) bond motifs is 1. The van der Waals surface area contributed by atoms with Gasteiger partial charge in [-0.1, -0.05) is 38.1 Å². The molecular weight excluding hydrogens is 282 g/mol. The Hall–Kier alpha value is -1.88. The van der Waals surface area contributed by atoms with Crippen LogP contribution >= 0.6 is 0 Å². The number of piperidine rings is 1. The van der Waals surface area contributed by atoms with Crippen LogP contribution in [0.5, 0.6) is 0 Å². The Morgan fingerprint density at radius 1 is 1.09 bits per heavy atom. The normalized spacial score (nSPS) is 30.3. The Labute approximate surface area is 129 Å². The first-order valence-corrected chi connectivity index (χ1v) is 7.59. The number of carboxylic acid groups (broad SMARTS) is 2. The fourth-order valence-electron chi connectivity index (χ4n) is 3.78. The molecule has 22 heavy (non-hydrogen) atoms. The van der Waals surface area contributed by atoms with Crippen molar-refractivity contribution in [1.29, 1.82) is 0 Å². The molecule has 0 amide bonds. The predicted octanol–water partition coefficient (Wildman–Crippen LogP) is 2.17. The van der Waals surface area contributed by atoms with Gasteiger partial charge in [-0.25, -0.2) is 0 Å². The summed E-state index contributed by atoms with van der Waals surface area (Å²) in [7, 11) is 0. The summed E-state index contributed by atoms with van der Waals surface area (Å²) in [6, 6.07) is 8.24. The van der Waals surface area contributed by atoms with Gasteiger partial charge in [-0.05, 0) is 23.5 Å². The standard InChI is InChI=1S/C17H21NO4/c1-11(2)13-5-3-12(4-6-13)7-18-9-16(14(19)20)8-17(16,10-18)15(21)22/h3-6,11H,7-10H2,1-2H3,(H,19,20)(H,21,22)/t16-,17+. The molecule has 3 rings (SSSR count). The monoisotopic (exact) mass is 303 g/mol. The van der Waals surface area contributed by atoms with E-state index in [1.54, 1.807) is 0 Å². The maximum atomic E-state index is 11.5. The molecule has 0 unspecified atom stereocenters. The van der Waals surface area contributed by atoms with Crippen LogP contribution in [0.3, 0.4) is 0 Å². The van der Waals surface area contributed by atoms with E-state index in [0.29, 0.717) is 25.6 Å². The third-order valence-electron chi connectivity index (χ3n) is 5.25. The quantitative estimate of drug-likeness (QED) is 0.871. The molecular formula is C17H21NO4. The first-order chi connectivity index (χ1) is 10.3. The van der Waals surface area contributed by atoms with E-state index in [0.717, 1.165) is 5.56 Å². The van der Waals surface area contributed by atoms with E-state index in [2.05, 4.69) is 26.0 Å². The molecule has 5 nitrogen and oxygen atoms in total. The van der Waals surface area contributed by atoms with Gasteiger partial charge in [0.25, 0.3) is 0 Å². The molecule has 0 spiro atoms. The third-order valence-corrected chi connectivity index (χ3v) is 5.25. The molecule has 0 bridgehead atoms. The van der Waals surface area contributed by atoms with Crippen molar-refractivity contribution in [1.82, 2.24) is 4.90 Å². The van der Waals surface area contributed by atoms with Crippen LogP contribution < -0.4 is 0 Å². The Kier molecular flexibility index (Phi) is 3.29. The summed E-state index contributed by atoms with van der Waals surface area (Å²) in [5.74, 6) is -1.49. The second-order valence-electron chi connectivity index (χ2n) is 6.99. The van der Waals surface area contributed by atoms with Gasteiger partial charge in [0.15, 0.2) is 0 Å². The fraction of sp³-hybridized carbons (Fsp3) is 0.529. The second kappa shape index (κ2) is 4.81. The van der Waals surface area contributed by atoms with Gasteiger partial charge in [-0.3, -0.25) is 14.5 Å². The van der Waals surface area contributed by atoms with E-state index in [1.807, 2.05) is 17.0 Å². The molecule has 1 aliphatic heterocycles. The van der Waals surface area contributed by atoms with Crippen LogP contribution in [0.15, 0.2) is 24.3 Å². The maximum absolute atomic E-state index is 11.5. The molecule has 1 aromatic carbocycles. The Bertz CT molecular complexity index is 596. The largest absolute Gasteiger partial charge is 0.481 e. The van der Waals surface area contributed by atoms with Gasteiger partial charge in [-0.2, -0.15) is 0 Å². The van der Waals surface area contributed by atoms with Crippen molar-refractivity contribution >= 4 is 11.9 Å². The van der Waals surface area contributed by atoms with Gasteiger partial charge in [0.2, 0.25) is 0 Å². The minimum absolute atomic E-state index is 0.257. The van der Waals surface area contributed by atoms with Crippen LogP contribution in [0.1, 0.15) is 37.3 Å². The molecule has 0 aromatic heterocycles. The molecule has 0 radical (unpaired) electrons. The number of carbonyl (C=O) groups is 2. The van der Waals surface area contributed by atoms with Crippen LogP contribution in [0.25, 0.3) is 0 Å². The second-order valence-corrected chi connectivity index (χ2v) is 6.99. The van der Waals surface area contributed by atoms with Gasteiger partial charge in [-0.15, -0.1) is 0 Å². The molecule has 1 aromatic rings. The summed E-state index contributed by atoms with van der Waals surface area (Å²) in [4.78, 5) is 25.0. The molecule has 2 fully saturated rings. The molecule has 5 heteroatoms. The lowest BCUT2D eigenvalue weighted by Gasteiger charge is -2.20. The molecule has 1 heterocycles. The lowest BCUT2D eigenvalue weighted by Crippen LogP contribution is -2.28. The van der Waals surface area contributed by atoms with Gasteiger partial charge in [0, 0.05) is 19.6 Å². The molecule has 1 saturated carbocycles. The van der Waals surface area contributed by atoms with Crippen LogP contribution in [-0.4, -0.2) is 40.1 Å².